The first-order chi connectivity index (χ1) is 13.1. The van der Waals surface area contributed by atoms with Crippen molar-refractivity contribution in [1.29, 1.82) is 0 Å². The summed E-state index contributed by atoms with van der Waals surface area (Å²) < 4.78 is 5.23. The molecule has 0 atom stereocenters. The zero-order valence-electron chi connectivity index (χ0n) is 14.1. The standard InChI is InChI=1S/C22H14ClNO3/c23-18-10-11-20-17(12-18)13-19(22(26)27-20)24-21(25)16-8-6-15(7-9-16)14-4-2-1-3-5-14/h1-13H,(H,24,25). The van der Waals surface area contributed by atoms with E-state index in [1.54, 1.807) is 36.4 Å². The van der Waals surface area contributed by atoms with Crippen molar-refractivity contribution in [2.75, 3.05) is 5.32 Å². The van der Waals surface area contributed by atoms with E-state index < -0.39 is 5.63 Å². The molecule has 1 amide bonds. The first-order valence-electron chi connectivity index (χ1n) is 8.30. The Morgan fingerprint density at radius 1 is 0.852 bits per heavy atom. The van der Waals surface area contributed by atoms with Crippen LogP contribution >= 0.6 is 11.6 Å². The maximum atomic E-state index is 12.5. The van der Waals surface area contributed by atoms with Crippen molar-refractivity contribution in [1.82, 2.24) is 0 Å². The largest absolute Gasteiger partial charge is 0.421 e. The Morgan fingerprint density at radius 3 is 2.30 bits per heavy atom. The van der Waals surface area contributed by atoms with Crippen LogP contribution in [0.3, 0.4) is 0 Å². The molecule has 0 unspecified atom stereocenters. The second kappa shape index (κ2) is 7.09. The number of nitrogens with one attached hydrogen (secondary N) is 1. The van der Waals surface area contributed by atoms with Crippen LogP contribution in [0.4, 0.5) is 5.69 Å². The molecule has 1 heterocycles. The van der Waals surface area contributed by atoms with Crippen LogP contribution in [-0.4, -0.2) is 5.91 Å². The van der Waals surface area contributed by atoms with E-state index >= 15 is 0 Å². The van der Waals surface area contributed by atoms with E-state index in [0.717, 1.165) is 11.1 Å². The number of rotatable bonds is 3. The number of fused-ring (bicyclic) bond motifs is 1. The summed E-state index contributed by atoms with van der Waals surface area (Å²) in [6.45, 7) is 0. The summed E-state index contributed by atoms with van der Waals surface area (Å²) >= 11 is 5.97. The number of carbonyl (C=O) groups is 1. The third-order valence-electron chi connectivity index (χ3n) is 4.20. The quantitative estimate of drug-likeness (QED) is 0.490. The Hall–Kier alpha value is -3.37. The minimum absolute atomic E-state index is 0.0712. The lowest BCUT2D eigenvalue weighted by Crippen LogP contribution is -2.17. The molecule has 5 heteroatoms. The summed E-state index contributed by atoms with van der Waals surface area (Å²) in [7, 11) is 0. The molecule has 0 aliphatic heterocycles. The van der Waals surface area contributed by atoms with Crippen LogP contribution in [0, 0.1) is 0 Å². The fraction of sp³-hybridized carbons (Fsp3) is 0. The van der Waals surface area contributed by atoms with Crippen LogP contribution in [0.2, 0.25) is 5.02 Å². The van der Waals surface area contributed by atoms with Gasteiger partial charge in [-0.05, 0) is 47.5 Å². The number of amides is 1. The van der Waals surface area contributed by atoms with E-state index in [0.29, 0.717) is 21.6 Å². The SMILES string of the molecule is O=C(Nc1cc2cc(Cl)ccc2oc1=O)c1ccc(-c2ccccc2)cc1. The highest BCUT2D eigenvalue weighted by Crippen LogP contribution is 2.22. The lowest BCUT2D eigenvalue weighted by molar-refractivity contribution is 0.102. The molecule has 0 saturated carbocycles. The third-order valence-corrected chi connectivity index (χ3v) is 4.43. The van der Waals surface area contributed by atoms with E-state index in [1.165, 1.54) is 0 Å². The molecule has 3 aromatic carbocycles. The van der Waals surface area contributed by atoms with Gasteiger partial charge in [0.15, 0.2) is 0 Å². The van der Waals surface area contributed by atoms with Gasteiger partial charge in [-0.25, -0.2) is 4.79 Å². The van der Waals surface area contributed by atoms with Gasteiger partial charge in [0.1, 0.15) is 11.3 Å². The van der Waals surface area contributed by atoms with Gasteiger partial charge in [-0.15, -0.1) is 0 Å². The van der Waals surface area contributed by atoms with Crippen molar-refractivity contribution in [3.63, 3.8) is 0 Å². The third kappa shape index (κ3) is 3.61. The minimum Gasteiger partial charge on any atom is -0.421 e. The summed E-state index contributed by atoms with van der Waals surface area (Å²) in [5.41, 5.74) is 2.39. The van der Waals surface area contributed by atoms with Crippen LogP contribution in [0.5, 0.6) is 0 Å². The number of anilines is 1. The van der Waals surface area contributed by atoms with Crippen LogP contribution < -0.4 is 10.9 Å². The molecular formula is C22H14ClNO3. The Balaban J connectivity index is 1.59. The van der Waals surface area contributed by atoms with E-state index in [2.05, 4.69) is 5.32 Å². The number of halogens is 1. The van der Waals surface area contributed by atoms with Gasteiger partial charge in [0, 0.05) is 16.0 Å². The second-order valence-electron chi connectivity index (χ2n) is 6.03. The van der Waals surface area contributed by atoms with Crippen molar-refractivity contribution in [3.05, 3.63) is 99.9 Å². The Morgan fingerprint density at radius 2 is 1.56 bits per heavy atom. The first kappa shape index (κ1) is 17.1. The predicted molar refractivity (Wildman–Crippen MR) is 107 cm³/mol. The zero-order valence-corrected chi connectivity index (χ0v) is 14.9. The van der Waals surface area contributed by atoms with Crippen molar-refractivity contribution in [2.45, 2.75) is 0 Å². The zero-order chi connectivity index (χ0) is 18.8. The van der Waals surface area contributed by atoms with Crippen LogP contribution in [0.15, 0.2) is 88.1 Å². The summed E-state index contributed by atoms with van der Waals surface area (Å²) in [6.07, 6.45) is 0. The maximum Gasteiger partial charge on any atom is 0.360 e. The number of benzene rings is 3. The molecule has 0 saturated heterocycles. The molecule has 0 aliphatic rings. The highest BCUT2D eigenvalue weighted by molar-refractivity contribution is 6.31. The van der Waals surface area contributed by atoms with E-state index in [9.17, 15) is 9.59 Å². The molecular weight excluding hydrogens is 362 g/mol. The fourth-order valence-electron chi connectivity index (χ4n) is 2.82. The predicted octanol–water partition coefficient (Wildman–Crippen LogP) is 5.37. The van der Waals surface area contributed by atoms with Crippen molar-refractivity contribution in [2.24, 2.45) is 0 Å². The van der Waals surface area contributed by atoms with Crippen molar-refractivity contribution >= 4 is 34.2 Å². The lowest BCUT2D eigenvalue weighted by atomic mass is 10.0. The molecule has 4 aromatic rings. The summed E-state index contributed by atoms with van der Waals surface area (Å²) in [5, 5.41) is 3.76. The Kier molecular flexibility index (Phi) is 4.48. The summed E-state index contributed by atoms with van der Waals surface area (Å²) in [6, 6.07) is 23.5. The lowest BCUT2D eigenvalue weighted by Gasteiger charge is -2.07. The highest BCUT2D eigenvalue weighted by Gasteiger charge is 2.11. The monoisotopic (exact) mass is 375 g/mol. The molecule has 0 bridgehead atoms. The molecule has 0 radical (unpaired) electrons. The normalized spacial score (nSPS) is 10.7. The average Bonchev–Trinajstić information content (AvgIpc) is 2.69. The minimum atomic E-state index is -0.612. The number of hydrogen-bond acceptors (Lipinski definition) is 3. The van der Waals surface area contributed by atoms with Crippen LogP contribution in [0.1, 0.15) is 10.4 Å². The van der Waals surface area contributed by atoms with Crippen LogP contribution in [0.25, 0.3) is 22.1 Å². The molecule has 1 N–H and O–H groups in total. The average molecular weight is 376 g/mol. The van der Waals surface area contributed by atoms with Gasteiger partial charge in [0.2, 0.25) is 0 Å². The van der Waals surface area contributed by atoms with Crippen LogP contribution in [-0.2, 0) is 0 Å². The fourth-order valence-corrected chi connectivity index (χ4v) is 3.00. The van der Waals surface area contributed by atoms with Gasteiger partial charge >= 0.3 is 5.63 Å². The number of hydrogen-bond donors (Lipinski definition) is 1. The molecule has 132 valence electrons. The van der Waals surface area contributed by atoms with Crippen molar-refractivity contribution in [3.8, 4) is 11.1 Å². The summed E-state index contributed by atoms with van der Waals surface area (Å²) in [5.74, 6) is -0.386. The smallest absolute Gasteiger partial charge is 0.360 e. The van der Waals surface area contributed by atoms with Gasteiger partial charge in [-0.1, -0.05) is 54.1 Å². The van der Waals surface area contributed by atoms with Gasteiger partial charge < -0.3 is 9.73 Å². The molecule has 1 aromatic heterocycles. The van der Waals surface area contributed by atoms with Crippen molar-refractivity contribution < 1.29 is 9.21 Å². The van der Waals surface area contributed by atoms with Gasteiger partial charge in [-0.3, -0.25) is 4.79 Å². The Labute approximate surface area is 160 Å². The second-order valence-corrected chi connectivity index (χ2v) is 6.46. The molecule has 0 fully saturated rings. The molecule has 0 aliphatic carbocycles. The van der Waals surface area contributed by atoms with Gasteiger partial charge in [0.05, 0.1) is 0 Å². The molecule has 4 rings (SSSR count). The maximum absolute atomic E-state index is 12.5. The highest BCUT2D eigenvalue weighted by atomic mass is 35.5. The Bertz CT molecular complexity index is 1180. The van der Waals surface area contributed by atoms with Gasteiger partial charge in [-0.2, -0.15) is 0 Å². The van der Waals surface area contributed by atoms with Gasteiger partial charge in [0.25, 0.3) is 5.91 Å². The van der Waals surface area contributed by atoms with E-state index in [-0.39, 0.29) is 11.6 Å². The molecule has 4 nitrogen and oxygen atoms in total. The molecule has 0 spiro atoms. The van der Waals surface area contributed by atoms with E-state index in [1.807, 2.05) is 42.5 Å². The topological polar surface area (TPSA) is 59.3 Å². The summed E-state index contributed by atoms with van der Waals surface area (Å²) in [4.78, 5) is 24.6. The first-order valence-corrected chi connectivity index (χ1v) is 8.68. The number of carbonyl (C=O) groups excluding carboxylic acids is 1. The van der Waals surface area contributed by atoms with E-state index in [4.69, 9.17) is 16.0 Å². The molecule has 27 heavy (non-hydrogen) atoms.